The Balaban J connectivity index is 2.50. The van der Waals surface area contributed by atoms with Crippen LogP contribution in [0.4, 0.5) is 13.2 Å². The molecule has 0 saturated carbocycles. The van der Waals surface area contributed by atoms with Gasteiger partial charge in [-0.25, -0.2) is 0 Å². The molecule has 1 rings (SSSR count). The molecule has 0 radical (unpaired) electrons. The van der Waals surface area contributed by atoms with Crippen molar-refractivity contribution in [3.8, 4) is 0 Å². The van der Waals surface area contributed by atoms with Crippen LogP contribution in [0.3, 0.4) is 0 Å². The van der Waals surface area contributed by atoms with Crippen molar-refractivity contribution < 1.29 is 27.9 Å². The van der Waals surface area contributed by atoms with Crippen molar-refractivity contribution in [2.24, 2.45) is 5.92 Å². The van der Waals surface area contributed by atoms with Gasteiger partial charge in [0, 0.05) is 25.6 Å². The van der Waals surface area contributed by atoms with Crippen molar-refractivity contribution in [3.63, 3.8) is 0 Å². The molecule has 5 nitrogen and oxygen atoms in total. The lowest BCUT2D eigenvalue weighted by Gasteiger charge is -2.19. The molecule has 2 N–H and O–H groups in total. The first-order valence-electron chi connectivity index (χ1n) is 5.98. The Bertz CT molecular complexity index is 347. The molecule has 110 valence electrons. The van der Waals surface area contributed by atoms with E-state index >= 15 is 0 Å². The van der Waals surface area contributed by atoms with Crippen LogP contribution in [0, 0.1) is 5.92 Å². The number of rotatable bonds is 5. The van der Waals surface area contributed by atoms with Crippen LogP contribution in [-0.4, -0.2) is 53.7 Å². The Morgan fingerprint density at radius 1 is 1.58 bits per heavy atom. The Labute approximate surface area is 108 Å². The summed E-state index contributed by atoms with van der Waals surface area (Å²) in [6, 6.07) is -0.274. The molecule has 2 atom stereocenters. The lowest BCUT2D eigenvalue weighted by molar-refractivity contribution is -0.157. The molecule has 2 unspecified atom stereocenters. The molecular formula is C11H17F3N2O3. The van der Waals surface area contributed by atoms with Gasteiger partial charge in [-0.3, -0.25) is 9.59 Å². The van der Waals surface area contributed by atoms with Crippen molar-refractivity contribution in [1.29, 1.82) is 0 Å². The van der Waals surface area contributed by atoms with E-state index in [0.29, 0.717) is 11.3 Å². The highest BCUT2D eigenvalue weighted by atomic mass is 19.4. The molecule has 1 saturated heterocycles. The summed E-state index contributed by atoms with van der Waals surface area (Å²) in [6.07, 6.45) is -4.29. The summed E-state index contributed by atoms with van der Waals surface area (Å²) >= 11 is 0. The van der Waals surface area contributed by atoms with Gasteiger partial charge in [0.05, 0.1) is 5.92 Å². The highest BCUT2D eigenvalue weighted by Gasteiger charge is 2.40. The van der Waals surface area contributed by atoms with Gasteiger partial charge in [-0.05, 0) is 13.3 Å². The number of carbonyl (C=O) groups excluding carboxylic acids is 2. The molecule has 0 bridgehead atoms. The van der Waals surface area contributed by atoms with Crippen molar-refractivity contribution in [3.05, 3.63) is 0 Å². The van der Waals surface area contributed by atoms with Gasteiger partial charge >= 0.3 is 6.18 Å². The average molecular weight is 282 g/mol. The predicted molar refractivity (Wildman–Crippen MR) is 60.0 cm³/mol. The highest BCUT2D eigenvalue weighted by Crippen LogP contribution is 2.24. The normalized spacial score (nSPS) is 21.6. The minimum Gasteiger partial charge on any atom is -0.396 e. The predicted octanol–water partition coefficient (Wildman–Crippen LogP) is 0.284. The van der Waals surface area contributed by atoms with Gasteiger partial charge in [-0.1, -0.05) is 0 Å². The molecule has 1 fully saturated rings. The largest absolute Gasteiger partial charge is 0.406 e. The number of likely N-dealkylation sites (tertiary alicyclic amines) is 1. The van der Waals surface area contributed by atoms with E-state index in [2.05, 4.69) is 5.32 Å². The maximum Gasteiger partial charge on any atom is 0.406 e. The van der Waals surface area contributed by atoms with Gasteiger partial charge in [0.2, 0.25) is 11.8 Å². The monoisotopic (exact) mass is 282 g/mol. The number of carbonyl (C=O) groups is 2. The Morgan fingerprint density at radius 3 is 2.74 bits per heavy atom. The summed E-state index contributed by atoms with van der Waals surface area (Å²) in [5, 5.41) is 11.3. The van der Waals surface area contributed by atoms with Crippen LogP contribution >= 0.6 is 0 Å². The van der Waals surface area contributed by atoms with Crippen LogP contribution in [0.25, 0.3) is 0 Å². The molecule has 0 aliphatic carbocycles. The van der Waals surface area contributed by atoms with Crippen LogP contribution in [0.1, 0.15) is 19.8 Å². The second-order valence-electron chi connectivity index (χ2n) is 4.71. The van der Waals surface area contributed by atoms with Crippen LogP contribution in [0.15, 0.2) is 0 Å². The fraction of sp³-hybridized carbons (Fsp3) is 0.818. The zero-order valence-electron chi connectivity index (χ0n) is 10.5. The quantitative estimate of drug-likeness (QED) is 0.761. The Morgan fingerprint density at radius 2 is 2.21 bits per heavy atom. The first kappa shape index (κ1) is 15.7. The molecule has 1 heterocycles. The summed E-state index contributed by atoms with van der Waals surface area (Å²) in [6.45, 7) is 0.0570. The zero-order valence-corrected chi connectivity index (χ0v) is 10.5. The smallest absolute Gasteiger partial charge is 0.396 e. The topological polar surface area (TPSA) is 69.6 Å². The molecule has 2 amide bonds. The number of hydrogen-bond acceptors (Lipinski definition) is 3. The SMILES string of the molecule is CC(CCO)NC(=O)C1CC(=O)N(CC(F)(F)F)C1. The molecule has 8 heteroatoms. The average Bonchev–Trinajstić information content (AvgIpc) is 2.58. The van der Waals surface area contributed by atoms with Crippen molar-refractivity contribution in [2.45, 2.75) is 32.0 Å². The summed E-state index contributed by atoms with van der Waals surface area (Å²) in [7, 11) is 0. The van der Waals surface area contributed by atoms with Crippen LogP contribution < -0.4 is 5.32 Å². The molecule has 0 spiro atoms. The number of aliphatic hydroxyl groups is 1. The van der Waals surface area contributed by atoms with Crippen LogP contribution in [-0.2, 0) is 9.59 Å². The first-order chi connectivity index (χ1) is 8.73. The molecule has 0 aromatic rings. The van der Waals surface area contributed by atoms with Gasteiger partial charge in [-0.15, -0.1) is 0 Å². The fourth-order valence-corrected chi connectivity index (χ4v) is 1.94. The van der Waals surface area contributed by atoms with E-state index < -0.39 is 30.5 Å². The number of halogens is 3. The van der Waals surface area contributed by atoms with E-state index in [-0.39, 0.29) is 25.6 Å². The Kier molecular flexibility index (Phi) is 5.16. The summed E-state index contributed by atoms with van der Waals surface area (Å²) in [4.78, 5) is 23.8. The Hall–Kier alpha value is -1.31. The lowest BCUT2D eigenvalue weighted by atomic mass is 10.1. The maximum atomic E-state index is 12.2. The van der Waals surface area contributed by atoms with E-state index in [1.807, 2.05) is 0 Å². The summed E-state index contributed by atoms with van der Waals surface area (Å²) in [5.74, 6) is -1.86. The van der Waals surface area contributed by atoms with Crippen molar-refractivity contribution in [2.75, 3.05) is 19.7 Å². The molecule has 1 aliphatic heterocycles. The summed E-state index contributed by atoms with van der Waals surface area (Å²) < 4.78 is 36.6. The fourth-order valence-electron chi connectivity index (χ4n) is 1.94. The van der Waals surface area contributed by atoms with E-state index in [0.717, 1.165) is 0 Å². The number of alkyl halides is 3. The second-order valence-corrected chi connectivity index (χ2v) is 4.71. The van der Waals surface area contributed by atoms with Gasteiger partial charge in [0.15, 0.2) is 0 Å². The van der Waals surface area contributed by atoms with Gasteiger partial charge in [0.25, 0.3) is 0 Å². The highest BCUT2D eigenvalue weighted by molar-refractivity contribution is 5.89. The van der Waals surface area contributed by atoms with E-state index in [1.165, 1.54) is 0 Å². The third-order valence-electron chi connectivity index (χ3n) is 2.91. The number of aliphatic hydroxyl groups excluding tert-OH is 1. The second kappa shape index (κ2) is 6.23. The van der Waals surface area contributed by atoms with Gasteiger partial charge in [-0.2, -0.15) is 13.2 Å². The van der Waals surface area contributed by atoms with E-state index in [1.54, 1.807) is 6.92 Å². The third kappa shape index (κ3) is 5.06. The zero-order chi connectivity index (χ0) is 14.6. The minimum atomic E-state index is -4.45. The lowest BCUT2D eigenvalue weighted by Crippen LogP contribution is -2.40. The van der Waals surface area contributed by atoms with Gasteiger partial charge < -0.3 is 15.3 Å². The van der Waals surface area contributed by atoms with Crippen LogP contribution in [0.2, 0.25) is 0 Å². The third-order valence-corrected chi connectivity index (χ3v) is 2.91. The molecule has 0 aromatic carbocycles. The number of hydrogen-bond donors (Lipinski definition) is 2. The first-order valence-corrected chi connectivity index (χ1v) is 5.98. The molecule has 1 aliphatic rings. The van der Waals surface area contributed by atoms with Crippen molar-refractivity contribution >= 4 is 11.8 Å². The molecular weight excluding hydrogens is 265 g/mol. The van der Waals surface area contributed by atoms with E-state index in [9.17, 15) is 22.8 Å². The number of nitrogens with one attached hydrogen (secondary N) is 1. The number of amides is 2. The van der Waals surface area contributed by atoms with Gasteiger partial charge in [0.1, 0.15) is 6.54 Å². The molecule has 19 heavy (non-hydrogen) atoms. The number of nitrogens with zero attached hydrogens (tertiary/aromatic N) is 1. The summed E-state index contributed by atoms with van der Waals surface area (Å²) in [5.41, 5.74) is 0. The minimum absolute atomic E-state index is 0.0920. The van der Waals surface area contributed by atoms with E-state index in [4.69, 9.17) is 5.11 Å². The van der Waals surface area contributed by atoms with Crippen LogP contribution in [0.5, 0.6) is 0 Å². The molecule has 0 aromatic heterocycles. The van der Waals surface area contributed by atoms with Crippen molar-refractivity contribution in [1.82, 2.24) is 10.2 Å². The standard InChI is InChI=1S/C11H17F3N2O3/c1-7(2-3-17)15-10(19)8-4-9(18)16(5-8)6-11(12,13)14/h7-8,17H,2-6H2,1H3,(H,15,19). The maximum absolute atomic E-state index is 12.2.